The lowest BCUT2D eigenvalue weighted by Crippen LogP contribution is -2.24. The van der Waals surface area contributed by atoms with E-state index in [4.69, 9.17) is 4.42 Å². The van der Waals surface area contributed by atoms with Gasteiger partial charge in [-0.05, 0) is 58.5 Å². The van der Waals surface area contributed by atoms with Crippen LogP contribution >= 0.6 is 22.6 Å². The van der Waals surface area contributed by atoms with Crippen molar-refractivity contribution in [1.82, 2.24) is 10.2 Å². The van der Waals surface area contributed by atoms with Crippen LogP contribution in [0.2, 0.25) is 0 Å². The van der Waals surface area contributed by atoms with Crippen molar-refractivity contribution in [3.8, 4) is 0 Å². The number of hydrogen-bond donors (Lipinski definition) is 1. The van der Waals surface area contributed by atoms with Crippen molar-refractivity contribution in [3.05, 3.63) is 63.1 Å². The number of rotatable bonds is 5. The first-order chi connectivity index (χ1) is 11.0. The summed E-state index contributed by atoms with van der Waals surface area (Å²) in [6.45, 7) is 0.465. The first kappa shape index (κ1) is 17.3. The van der Waals surface area contributed by atoms with E-state index in [9.17, 15) is 9.59 Å². The molecule has 0 aliphatic rings. The Balaban J connectivity index is 1.95. The van der Waals surface area contributed by atoms with E-state index in [0.29, 0.717) is 17.9 Å². The predicted octanol–water partition coefficient (Wildman–Crippen LogP) is 2.92. The van der Waals surface area contributed by atoms with E-state index in [-0.39, 0.29) is 11.8 Å². The number of benzene rings is 1. The molecule has 120 valence electrons. The third-order valence-corrected chi connectivity index (χ3v) is 3.80. The quantitative estimate of drug-likeness (QED) is 0.593. The molecule has 0 saturated carbocycles. The molecule has 1 heterocycles. The molecule has 0 saturated heterocycles. The summed E-state index contributed by atoms with van der Waals surface area (Å²) < 4.78 is 6.15. The largest absolute Gasteiger partial charge is 0.451 e. The van der Waals surface area contributed by atoms with Gasteiger partial charge in [-0.15, -0.1) is 0 Å². The molecule has 0 atom stereocenters. The number of carbonyl (C=O) groups excluding carboxylic acids is 2. The van der Waals surface area contributed by atoms with Gasteiger partial charge in [-0.1, -0.05) is 12.1 Å². The highest BCUT2D eigenvalue weighted by Crippen LogP contribution is 2.12. The van der Waals surface area contributed by atoms with Crippen molar-refractivity contribution in [3.63, 3.8) is 0 Å². The Bertz CT molecular complexity index is 720. The van der Waals surface area contributed by atoms with Crippen molar-refractivity contribution >= 4 is 40.5 Å². The van der Waals surface area contributed by atoms with Crippen LogP contribution in [0.1, 0.15) is 21.7 Å². The minimum atomic E-state index is -0.128. The summed E-state index contributed by atoms with van der Waals surface area (Å²) in [7, 11) is 3.32. The molecule has 0 aliphatic carbocycles. The standard InChI is InChI=1S/C17H17IN2O3/c1-19-17(22)13-5-3-12(4-6-13)11-20(2)16(21)10-8-14-7-9-15(18)23-14/h3-10H,11H2,1-2H3,(H,19,22)/b10-8+. The molecule has 1 N–H and O–H groups in total. The second-order valence-corrected chi connectivity index (χ2v) is 6.01. The molecular weight excluding hydrogens is 407 g/mol. The molecule has 0 aliphatic heterocycles. The van der Waals surface area contributed by atoms with Crippen molar-refractivity contribution in [2.24, 2.45) is 0 Å². The van der Waals surface area contributed by atoms with Crippen LogP contribution in [-0.2, 0) is 11.3 Å². The van der Waals surface area contributed by atoms with Crippen LogP contribution in [0.4, 0.5) is 0 Å². The third kappa shape index (κ3) is 4.95. The van der Waals surface area contributed by atoms with Crippen LogP contribution in [0.3, 0.4) is 0 Å². The Morgan fingerprint density at radius 1 is 1.22 bits per heavy atom. The molecule has 23 heavy (non-hydrogen) atoms. The fraction of sp³-hybridized carbons (Fsp3) is 0.176. The van der Waals surface area contributed by atoms with Gasteiger partial charge in [0, 0.05) is 32.3 Å². The third-order valence-electron chi connectivity index (χ3n) is 3.22. The zero-order valence-corrected chi connectivity index (χ0v) is 15.0. The lowest BCUT2D eigenvalue weighted by atomic mass is 10.1. The Kier molecular flexibility index (Phi) is 5.97. The van der Waals surface area contributed by atoms with Crippen LogP contribution in [-0.4, -0.2) is 30.8 Å². The molecule has 5 nitrogen and oxygen atoms in total. The summed E-state index contributed by atoms with van der Waals surface area (Å²) in [4.78, 5) is 25.2. The topological polar surface area (TPSA) is 62.6 Å². The molecule has 1 aromatic heterocycles. The fourth-order valence-corrected chi connectivity index (χ4v) is 2.39. The minimum absolute atomic E-state index is 0.119. The second-order valence-electron chi connectivity index (χ2n) is 4.95. The van der Waals surface area contributed by atoms with Gasteiger partial charge in [-0.3, -0.25) is 9.59 Å². The number of nitrogens with zero attached hydrogens (tertiary/aromatic N) is 1. The number of likely N-dealkylation sites (N-methyl/N-ethyl adjacent to an activating group) is 1. The molecule has 0 spiro atoms. The van der Waals surface area contributed by atoms with Gasteiger partial charge in [0.25, 0.3) is 5.91 Å². The first-order valence-electron chi connectivity index (χ1n) is 6.99. The minimum Gasteiger partial charge on any atom is -0.451 e. The molecule has 2 aromatic rings. The smallest absolute Gasteiger partial charge is 0.251 e. The zero-order valence-electron chi connectivity index (χ0n) is 12.9. The summed E-state index contributed by atoms with van der Waals surface area (Å²) in [5, 5.41) is 2.57. The average Bonchev–Trinajstić information content (AvgIpc) is 2.98. The van der Waals surface area contributed by atoms with Crippen LogP contribution in [0.25, 0.3) is 6.08 Å². The van der Waals surface area contributed by atoms with Gasteiger partial charge >= 0.3 is 0 Å². The van der Waals surface area contributed by atoms with Crippen molar-refractivity contribution < 1.29 is 14.0 Å². The fourth-order valence-electron chi connectivity index (χ4n) is 1.96. The summed E-state index contributed by atoms with van der Waals surface area (Å²) in [6.07, 6.45) is 3.13. The Morgan fingerprint density at radius 3 is 2.48 bits per heavy atom. The first-order valence-corrected chi connectivity index (χ1v) is 8.07. The maximum absolute atomic E-state index is 12.1. The molecule has 0 fully saturated rings. The van der Waals surface area contributed by atoms with E-state index in [0.717, 1.165) is 9.33 Å². The maximum atomic E-state index is 12.1. The molecule has 2 rings (SSSR count). The predicted molar refractivity (Wildman–Crippen MR) is 96.8 cm³/mol. The number of halogens is 1. The molecule has 2 amide bonds. The Labute approximate surface area is 148 Å². The highest BCUT2D eigenvalue weighted by atomic mass is 127. The molecular formula is C17H17IN2O3. The molecule has 0 unspecified atom stereocenters. The van der Waals surface area contributed by atoms with Gasteiger partial charge in [-0.2, -0.15) is 0 Å². The van der Waals surface area contributed by atoms with Crippen LogP contribution in [0.5, 0.6) is 0 Å². The highest BCUT2D eigenvalue weighted by Gasteiger charge is 2.08. The van der Waals surface area contributed by atoms with Crippen LogP contribution < -0.4 is 5.32 Å². The van der Waals surface area contributed by atoms with E-state index in [1.165, 1.54) is 6.08 Å². The van der Waals surface area contributed by atoms with Crippen molar-refractivity contribution in [2.45, 2.75) is 6.54 Å². The lowest BCUT2D eigenvalue weighted by Gasteiger charge is -2.15. The van der Waals surface area contributed by atoms with Gasteiger partial charge in [0.15, 0.2) is 3.77 Å². The average molecular weight is 424 g/mol. The van der Waals surface area contributed by atoms with E-state index >= 15 is 0 Å². The summed E-state index contributed by atoms with van der Waals surface area (Å²) in [5.41, 5.74) is 1.55. The summed E-state index contributed by atoms with van der Waals surface area (Å²) in [5.74, 6) is 0.398. The SMILES string of the molecule is CNC(=O)c1ccc(CN(C)C(=O)/C=C/c2ccc(I)o2)cc1. The van der Waals surface area contributed by atoms with Gasteiger partial charge in [0.05, 0.1) is 0 Å². The molecule has 1 aromatic carbocycles. The van der Waals surface area contributed by atoms with Crippen LogP contribution in [0.15, 0.2) is 46.9 Å². The summed E-state index contributed by atoms with van der Waals surface area (Å²) >= 11 is 2.07. The maximum Gasteiger partial charge on any atom is 0.251 e. The van der Waals surface area contributed by atoms with Crippen molar-refractivity contribution in [2.75, 3.05) is 14.1 Å². The lowest BCUT2D eigenvalue weighted by molar-refractivity contribution is -0.125. The van der Waals surface area contributed by atoms with E-state index < -0.39 is 0 Å². The van der Waals surface area contributed by atoms with Crippen LogP contribution in [0, 0.1) is 3.77 Å². The molecule has 0 bridgehead atoms. The Morgan fingerprint density at radius 2 is 1.91 bits per heavy atom. The van der Waals surface area contributed by atoms with Gasteiger partial charge in [-0.25, -0.2) is 0 Å². The van der Waals surface area contributed by atoms with Gasteiger partial charge in [0.2, 0.25) is 5.91 Å². The Hall–Kier alpha value is -2.09. The summed E-state index contributed by atoms with van der Waals surface area (Å²) in [6, 6.07) is 10.8. The van der Waals surface area contributed by atoms with E-state index in [2.05, 4.69) is 27.9 Å². The number of nitrogens with one attached hydrogen (secondary N) is 1. The van der Waals surface area contributed by atoms with Gasteiger partial charge < -0.3 is 14.6 Å². The second kappa shape index (κ2) is 7.96. The van der Waals surface area contributed by atoms with E-state index in [1.807, 2.05) is 24.3 Å². The highest BCUT2D eigenvalue weighted by molar-refractivity contribution is 14.1. The number of amides is 2. The normalized spacial score (nSPS) is 10.7. The van der Waals surface area contributed by atoms with E-state index in [1.54, 1.807) is 37.2 Å². The molecule has 0 radical (unpaired) electrons. The molecule has 6 heteroatoms. The number of carbonyl (C=O) groups is 2. The number of furan rings is 1. The van der Waals surface area contributed by atoms with Gasteiger partial charge in [0.1, 0.15) is 5.76 Å². The van der Waals surface area contributed by atoms with Crippen molar-refractivity contribution in [1.29, 1.82) is 0 Å². The number of hydrogen-bond acceptors (Lipinski definition) is 3. The zero-order chi connectivity index (χ0) is 16.8. The monoisotopic (exact) mass is 424 g/mol.